The number of amides is 2. The number of ether oxygens (including phenoxy) is 1. The third kappa shape index (κ3) is 5.36. The van der Waals surface area contributed by atoms with Crippen LogP contribution in [0.2, 0.25) is 0 Å². The van der Waals surface area contributed by atoms with Gasteiger partial charge in [0.25, 0.3) is 11.8 Å². The Morgan fingerprint density at radius 1 is 0.944 bits per heavy atom. The Morgan fingerprint density at radius 2 is 1.69 bits per heavy atom. The molecule has 1 unspecified atom stereocenters. The number of nitrogens with zero attached hydrogens (tertiary/aromatic N) is 5. The van der Waals surface area contributed by atoms with E-state index in [1.54, 1.807) is 29.2 Å². The van der Waals surface area contributed by atoms with Crippen LogP contribution in [-0.2, 0) is 4.74 Å². The van der Waals surface area contributed by atoms with Crippen LogP contribution in [0.1, 0.15) is 27.3 Å². The van der Waals surface area contributed by atoms with Gasteiger partial charge in [0.05, 0.1) is 13.2 Å². The number of hydrogen-bond acceptors (Lipinski definition) is 9. The van der Waals surface area contributed by atoms with Crippen molar-refractivity contribution in [2.75, 3.05) is 54.9 Å². The Morgan fingerprint density at radius 3 is 2.42 bits per heavy atom. The molecule has 36 heavy (non-hydrogen) atoms. The second kappa shape index (κ2) is 10.6. The first-order chi connectivity index (χ1) is 17.6. The molecule has 0 spiro atoms. The molecule has 11 heteroatoms. The van der Waals surface area contributed by atoms with E-state index in [-0.39, 0.29) is 23.5 Å². The molecule has 4 N–H and O–H groups in total. The Balaban J connectivity index is 1.29. The summed E-state index contributed by atoms with van der Waals surface area (Å²) in [4.78, 5) is 33.0. The maximum atomic E-state index is 12.7. The van der Waals surface area contributed by atoms with E-state index in [9.17, 15) is 9.59 Å². The average molecular weight is 489 g/mol. The molecule has 0 radical (unpaired) electrons. The van der Waals surface area contributed by atoms with Crippen LogP contribution in [0.5, 0.6) is 0 Å². The predicted octanol–water partition coefficient (Wildman–Crippen LogP) is 1.88. The molecule has 2 aliphatic rings. The number of aromatic nitrogens is 3. The minimum atomic E-state index is -0.729. The molecule has 186 valence electrons. The summed E-state index contributed by atoms with van der Waals surface area (Å²) in [6.07, 6.45) is 0.914. The van der Waals surface area contributed by atoms with Crippen molar-refractivity contribution >= 4 is 35.0 Å². The number of rotatable bonds is 7. The van der Waals surface area contributed by atoms with Crippen LogP contribution in [0.4, 0.5) is 23.1 Å². The highest BCUT2D eigenvalue weighted by atomic mass is 16.5. The summed E-state index contributed by atoms with van der Waals surface area (Å²) >= 11 is 0. The van der Waals surface area contributed by atoms with Crippen molar-refractivity contribution < 1.29 is 14.3 Å². The maximum absolute atomic E-state index is 12.7. The number of benzene rings is 2. The third-order valence-electron chi connectivity index (χ3n) is 6.22. The first-order valence-electron chi connectivity index (χ1n) is 11.9. The molecule has 5 rings (SSSR count). The summed E-state index contributed by atoms with van der Waals surface area (Å²) in [6, 6.07) is 17.3. The molecule has 3 aromatic rings. The molecule has 0 bridgehead atoms. The lowest BCUT2D eigenvalue weighted by molar-refractivity contribution is 0.0303. The van der Waals surface area contributed by atoms with Crippen LogP contribution in [0.3, 0.4) is 0 Å². The number of anilines is 4. The first kappa shape index (κ1) is 23.5. The van der Waals surface area contributed by atoms with Crippen molar-refractivity contribution in [2.45, 2.75) is 12.5 Å². The molecule has 2 amide bonds. The van der Waals surface area contributed by atoms with Gasteiger partial charge in [-0.15, -0.1) is 10.2 Å². The number of carbonyl (C=O) groups is 2. The number of nitrogens with two attached hydrogens (primary N) is 1. The molecule has 1 aromatic heterocycles. The average Bonchev–Trinajstić information content (AvgIpc) is 3.38. The number of nitrogens with one attached hydrogen (secondary N) is 2. The van der Waals surface area contributed by atoms with Crippen molar-refractivity contribution in [1.82, 2.24) is 20.1 Å². The van der Waals surface area contributed by atoms with Crippen LogP contribution >= 0.6 is 0 Å². The predicted molar refractivity (Wildman–Crippen MR) is 135 cm³/mol. The van der Waals surface area contributed by atoms with E-state index in [1.807, 2.05) is 35.2 Å². The van der Waals surface area contributed by atoms with E-state index >= 15 is 0 Å². The standard InChI is InChI=1S/C25H28N8O3/c26-22(34)21-23(28-19-8-6-17(7-9-19)24(35)32-12-14-36-15-13-32)29-25(31-30-21)33-11-10-20(16-33)27-18-4-2-1-3-5-18/h1-9,20,27H,10-16H2,(H2,26,34)(H,28,29,31). The van der Waals surface area contributed by atoms with Gasteiger partial charge in [0, 0.05) is 49.2 Å². The second-order valence-corrected chi connectivity index (χ2v) is 8.72. The van der Waals surface area contributed by atoms with Gasteiger partial charge in [-0.1, -0.05) is 18.2 Å². The molecule has 2 aromatic carbocycles. The quantitative estimate of drug-likeness (QED) is 0.455. The van der Waals surface area contributed by atoms with E-state index in [0.717, 1.165) is 18.7 Å². The Hall–Kier alpha value is -4.25. The summed E-state index contributed by atoms with van der Waals surface area (Å²) in [5.41, 5.74) is 7.75. The van der Waals surface area contributed by atoms with E-state index in [2.05, 4.69) is 25.8 Å². The fourth-order valence-corrected chi connectivity index (χ4v) is 4.32. The van der Waals surface area contributed by atoms with Gasteiger partial charge in [-0.3, -0.25) is 9.59 Å². The van der Waals surface area contributed by atoms with Crippen LogP contribution < -0.4 is 21.3 Å². The van der Waals surface area contributed by atoms with Gasteiger partial charge in [0.1, 0.15) is 0 Å². The van der Waals surface area contributed by atoms with E-state index in [0.29, 0.717) is 50.0 Å². The lowest BCUT2D eigenvalue weighted by Crippen LogP contribution is -2.40. The van der Waals surface area contributed by atoms with Gasteiger partial charge >= 0.3 is 0 Å². The van der Waals surface area contributed by atoms with Gasteiger partial charge in [0.15, 0.2) is 11.5 Å². The minimum Gasteiger partial charge on any atom is -0.380 e. The molecule has 0 aliphatic carbocycles. The number of para-hydroxylation sites is 1. The lowest BCUT2D eigenvalue weighted by Gasteiger charge is -2.26. The molecule has 2 fully saturated rings. The second-order valence-electron chi connectivity index (χ2n) is 8.72. The number of hydrogen-bond donors (Lipinski definition) is 3. The largest absolute Gasteiger partial charge is 0.380 e. The smallest absolute Gasteiger partial charge is 0.273 e. The Bertz CT molecular complexity index is 1220. The van der Waals surface area contributed by atoms with Crippen molar-refractivity contribution in [3.63, 3.8) is 0 Å². The topological polar surface area (TPSA) is 139 Å². The van der Waals surface area contributed by atoms with Crippen molar-refractivity contribution in [1.29, 1.82) is 0 Å². The lowest BCUT2D eigenvalue weighted by atomic mass is 10.1. The SMILES string of the molecule is NC(=O)c1nnc(N2CCC(Nc3ccccc3)C2)nc1Nc1ccc(C(=O)N2CCOCC2)cc1. The van der Waals surface area contributed by atoms with Crippen molar-refractivity contribution in [3.05, 3.63) is 65.9 Å². The van der Waals surface area contributed by atoms with Crippen molar-refractivity contribution in [2.24, 2.45) is 5.73 Å². The van der Waals surface area contributed by atoms with Crippen LogP contribution in [0, 0.1) is 0 Å². The monoisotopic (exact) mass is 488 g/mol. The number of morpholine rings is 1. The van der Waals surface area contributed by atoms with Gasteiger partial charge in [0.2, 0.25) is 5.95 Å². The zero-order valence-corrected chi connectivity index (χ0v) is 19.8. The summed E-state index contributed by atoms with van der Waals surface area (Å²) in [5, 5.41) is 14.8. The molecule has 1 atom stereocenters. The highest BCUT2D eigenvalue weighted by molar-refractivity contribution is 5.97. The van der Waals surface area contributed by atoms with Crippen molar-refractivity contribution in [3.8, 4) is 0 Å². The van der Waals surface area contributed by atoms with E-state index in [4.69, 9.17) is 10.5 Å². The normalized spacial score (nSPS) is 17.6. The van der Waals surface area contributed by atoms with Crippen LogP contribution in [0.25, 0.3) is 0 Å². The van der Waals surface area contributed by atoms with Crippen LogP contribution in [0.15, 0.2) is 54.6 Å². The fraction of sp³-hybridized carbons (Fsp3) is 0.320. The van der Waals surface area contributed by atoms with Gasteiger partial charge < -0.3 is 30.9 Å². The number of carbonyl (C=O) groups excluding carboxylic acids is 2. The highest BCUT2D eigenvalue weighted by Gasteiger charge is 2.26. The molecule has 0 saturated carbocycles. The molecule has 11 nitrogen and oxygen atoms in total. The Kier molecular flexibility index (Phi) is 6.89. The summed E-state index contributed by atoms with van der Waals surface area (Å²) in [5.74, 6) is -0.132. The zero-order valence-electron chi connectivity index (χ0n) is 19.8. The fourth-order valence-electron chi connectivity index (χ4n) is 4.32. The van der Waals surface area contributed by atoms with E-state index in [1.165, 1.54) is 0 Å². The van der Waals surface area contributed by atoms with Gasteiger partial charge in [-0.05, 0) is 42.8 Å². The summed E-state index contributed by atoms with van der Waals surface area (Å²) in [6.45, 7) is 3.70. The summed E-state index contributed by atoms with van der Waals surface area (Å²) in [7, 11) is 0. The molecule has 3 heterocycles. The molecule has 2 saturated heterocycles. The zero-order chi connectivity index (χ0) is 24.9. The minimum absolute atomic E-state index is 0.0404. The van der Waals surface area contributed by atoms with Crippen LogP contribution in [-0.4, -0.2) is 77.3 Å². The van der Waals surface area contributed by atoms with E-state index < -0.39 is 5.91 Å². The van der Waals surface area contributed by atoms with Gasteiger partial charge in [-0.25, -0.2) is 0 Å². The van der Waals surface area contributed by atoms with Gasteiger partial charge in [-0.2, -0.15) is 4.98 Å². The highest BCUT2D eigenvalue weighted by Crippen LogP contribution is 2.24. The first-order valence-corrected chi connectivity index (χ1v) is 11.9. The third-order valence-corrected chi connectivity index (χ3v) is 6.22. The Labute approximate surface area is 208 Å². The maximum Gasteiger partial charge on any atom is 0.273 e. The molecule has 2 aliphatic heterocycles. The number of primary amides is 1. The molecular formula is C25H28N8O3. The molecular weight excluding hydrogens is 460 g/mol. The summed E-state index contributed by atoms with van der Waals surface area (Å²) < 4.78 is 5.31.